The second-order valence-corrected chi connectivity index (χ2v) is 6.92. The fourth-order valence-electron chi connectivity index (χ4n) is 3.72. The van der Waals surface area contributed by atoms with Crippen LogP contribution in [0.25, 0.3) is 28.1 Å². The molecule has 11 heteroatoms. The largest absolute Gasteiger partial charge is 0.382 e. The number of H-pyrrole nitrogens is 1. The van der Waals surface area contributed by atoms with Gasteiger partial charge in [0.1, 0.15) is 5.82 Å². The van der Waals surface area contributed by atoms with Gasteiger partial charge in [-0.1, -0.05) is 0 Å². The zero-order valence-corrected chi connectivity index (χ0v) is 16.9. The SMILES string of the molecule is C[C@@H]1COCCN1c1cc(-c2ccnn2C)c2c(N)nn(-c3ccn[nH]3)c2n1.Cl. The molecule has 10 nitrogen and oxygen atoms in total. The zero-order chi connectivity index (χ0) is 19.3. The van der Waals surface area contributed by atoms with Crippen LogP contribution in [0.15, 0.2) is 30.6 Å². The Hall–Kier alpha value is -3.11. The molecule has 0 radical (unpaired) electrons. The summed E-state index contributed by atoms with van der Waals surface area (Å²) in [5.74, 6) is 1.98. The van der Waals surface area contributed by atoms with Gasteiger partial charge in [0.25, 0.3) is 0 Å². The van der Waals surface area contributed by atoms with Crippen LogP contribution in [0.4, 0.5) is 11.6 Å². The predicted octanol–water partition coefficient (Wildman–Crippen LogP) is 1.77. The molecule has 152 valence electrons. The maximum atomic E-state index is 6.33. The molecule has 0 spiro atoms. The average Bonchev–Trinajstić information content (AvgIpc) is 3.42. The van der Waals surface area contributed by atoms with Crippen LogP contribution in [-0.4, -0.2) is 60.5 Å². The topological polar surface area (TPSA) is 116 Å². The highest BCUT2D eigenvalue weighted by molar-refractivity contribution is 6.01. The fraction of sp³-hybridized carbons (Fsp3) is 0.333. The van der Waals surface area contributed by atoms with Gasteiger partial charge in [0.05, 0.1) is 36.5 Å². The molecule has 0 unspecified atom stereocenters. The minimum Gasteiger partial charge on any atom is -0.382 e. The Morgan fingerprint density at radius 3 is 2.83 bits per heavy atom. The Labute approximate surface area is 173 Å². The summed E-state index contributed by atoms with van der Waals surface area (Å²) < 4.78 is 9.12. The van der Waals surface area contributed by atoms with Crippen molar-refractivity contribution in [1.29, 1.82) is 0 Å². The van der Waals surface area contributed by atoms with Gasteiger partial charge < -0.3 is 15.4 Å². The third kappa shape index (κ3) is 3.10. The Bertz CT molecular complexity index is 1130. The monoisotopic (exact) mass is 415 g/mol. The van der Waals surface area contributed by atoms with E-state index in [1.165, 1.54) is 0 Å². The van der Waals surface area contributed by atoms with Gasteiger partial charge in [-0.2, -0.15) is 14.9 Å². The Kier molecular flexibility index (Phi) is 4.89. The van der Waals surface area contributed by atoms with Crippen LogP contribution in [0.5, 0.6) is 0 Å². The van der Waals surface area contributed by atoms with Crippen molar-refractivity contribution in [3.8, 4) is 17.1 Å². The molecular formula is C18H22ClN9O. The third-order valence-electron chi connectivity index (χ3n) is 5.12. The first-order valence-electron chi connectivity index (χ1n) is 9.15. The first-order chi connectivity index (χ1) is 13.6. The minimum atomic E-state index is 0. The van der Waals surface area contributed by atoms with E-state index in [2.05, 4.69) is 38.3 Å². The van der Waals surface area contributed by atoms with Crippen molar-refractivity contribution < 1.29 is 4.74 Å². The van der Waals surface area contributed by atoms with E-state index in [9.17, 15) is 0 Å². The first-order valence-corrected chi connectivity index (χ1v) is 9.15. The van der Waals surface area contributed by atoms with Crippen LogP contribution >= 0.6 is 12.4 Å². The molecule has 0 bridgehead atoms. The molecule has 1 saturated heterocycles. The van der Waals surface area contributed by atoms with Gasteiger partial charge in [-0.3, -0.25) is 9.78 Å². The lowest BCUT2D eigenvalue weighted by atomic mass is 10.1. The first kappa shape index (κ1) is 19.2. The number of morpholine rings is 1. The van der Waals surface area contributed by atoms with E-state index in [1.54, 1.807) is 17.1 Å². The number of aromatic nitrogens is 7. The van der Waals surface area contributed by atoms with E-state index >= 15 is 0 Å². The van der Waals surface area contributed by atoms with E-state index in [4.69, 9.17) is 15.5 Å². The number of rotatable bonds is 3. The van der Waals surface area contributed by atoms with Crippen molar-refractivity contribution >= 4 is 35.1 Å². The van der Waals surface area contributed by atoms with E-state index in [-0.39, 0.29) is 18.4 Å². The summed E-state index contributed by atoms with van der Waals surface area (Å²) in [5, 5.41) is 16.6. The molecule has 0 amide bonds. The number of hydrogen-bond donors (Lipinski definition) is 2. The van der Waals surface area contributed by atoms with Gasteiger partial charge in [-0.05, 0) is 19.1 Å². The van der Waals surface area contributed by atoms with Crippen LogP contribution in [0.2, 0.25) is 0 Å². The van der Waals surface area contributed by atoms with Crippen LogP contribution in [-0.2, 0) is 11.8 Å². The van der Waals surface area contributed by atoms with Gasteiger partial charge in [0, 0.05) is 31.4 Å². The number of hydrogen-bond acceptors (Lipinski definition) is 7. The highest BCUT2D eigenvalue weighted by Gasteiger charge is 2.25. The second kappa shape index (κ2) is 7.37. The number of fused-ring (bicyclic) bond motifs is 1. The number of nitrogens with zero attached hydrogens (tertiary/aromatic N) is 7. The van der Waals surface area contributed by atoms with Crippen molar-refractivity contribution in [3.05, 3.63) is 30.6 Å². The third-order valence-corrected chi connectivity index (χ3v) is 5.12. The molecule has 5 heterocycles. The van der Waals surface area contributed by atoms with Crippen LogP contribution in [0.1, 0.15) is 6.92 Å². The number of pyridine rings is 1. The summed E-state index contributed by atoms with van der Waals surface area (Å²) in [7, 11) is 1.91. The zero-order valence-electron chi connectivity index (χ0n) is 16.1. The number of nitrogen functional groups attached to an aromatic ring is 1. The summed E-state index contributed by atoms with van der Waals surface area (Å²) in [6.07, 6.45) is 3.45. The Balaban J connectivity index is 0.00000205. The van der Waals surface area contributed by atoms with Gasteiger partial charge in [-0.25, -0.2) is 4.98 Å². The molecule has 0 aromatic carbocycles. The Morgan fingerprint density at radius 2 is 2.14 bits per heavy atom. The summed E-state index contributed by atoms with van der Waals surface area (Å²) in [5.41, 5.74) is 8.90. The van der Waals surface area contributed by atoms with Gasteiger partial charge in [-0.15, -0.1) is 17.5 Å². The predicted molar refractivity (Wildman–Crippen MR) is 113 cm³/mol. The summed E-state index contributed by atoms with van der Waals surface area (Å²) >= 11 is 0. The number of ether oxygens (including phenoxy) is 1. The summed E-state index contributed by atoms with van der Waals surface area (Å²) in [6.45, 7) is 4.25. The van der Waals surface area contributed by atoms with Crippen LogP contribution in [0, 0.1) is 0 Å². The molecule has 3 N–H and O–H groups in total. The van der Waals surface area contributed by atoms with E-state index in [1.807, 2.05) is 23.9 Å². The molecule has 4 aromatic heterocycles. The van der Waals surface area contributed by atoms with E-state index in [0.717, 1.165) is 29.0 Å². The number of aryl methyl sites for hydroxylation is 1. The van der Waals surface area contributed by atoms with E-state index in [0.29, 0.717) is 30.5 Å². The summed E-state index contributed by atoms with van der Waals surface area (Å²) in [4.78, 5) is 7.19. The van der Waals surface area contributed by atoms with Crippen molar-refractivity contribution in [1.82, 2.24) is 34.7 Å². The molecule has 1 fully saturated rings. The standard InChI is InChI=1S/C18H21N9O.ClH/c1-11-10-28-8-7-26(11)15-9-12(13-3-6-21-25(13)2)16-17(19)24-27(18(16)22-15)14-4-5-20-23-14;/h3-6,9,11H,7-8,10H2,1-2H3,(H2,19,24)(H,20,23);1H/t11-;/m1./s1. The van der Waals surface area contributed by atoms with Crippen molar-refractivity contribution in [2.75, 3.05) is 30.4 Å². The van der Waals surface area contributed by atoms with Gasteiger partial charge in [0.15, 0.2) is 17.3 Å². The molecule has 0 saturated carbocycles. The lowest BCUT2D eigenvalue weighted by Gasteiger charge is -2.34. The van der Waals surface area contributed by atoms with Crippen LogP contribution in [0.3, 0.4) is 0 Å². The maximum Gasteiger partial charge on any atom is 0.169 e. The number of halogens is 1. The lowest BCUT2D eigenvalue weighted by molar-refractivity contribution is 0.0985. The Morgan fingerprint density at radius 1 is 1.28 bits per heavy atom. The smallest absolute Gasteiger partial charge is 0.169 e. The van der Waals surface area contributed by atoms with Crippen molar-refractivity contribution in [2.45, 2.75) is 13.0 Å². The minimum absolute atomic E-state index is 0. The fourth-order valence-corrected chi connectivity index (χ4v) is 3.72. The molecule has 0 aliphatic carbocycles. The highest BCUT2D eigenvalue weighted by Crippen LogP contribution is 2.35. The molecule has 1 atom stereocenters. The number of nitrogens with one attached hydrogen (secondary N) is 1. The number of aromatic amines is 1. The van der Waals surface area contributed by atoms with Crippen molar-refractivity contribution in [2.24, 2.45) is 7.05 Å². The van der Waals surface area contributed by atoms with Gasteiger partial charge >= 0.3 is 0 Å². The highest BCUT2D eigenvalue weighted by atomic mass is 35.5. The molecular weight excluding hydrogens is 394 g/mol. The number of nitrogens with two attached hydrogens (primary N) is 1. The molecule has 1 aliphatic rings. The molecule has 29 heavy (non-hydrogen) atoms. The maximum absolute atomic E-state index is 6.33. The normalized spacial score (nSPS) is 16.9. The van der Waals surface area contributed by atoms with Gasteiger partial charge in [0.2, 0.25) is 0 Å². The molecule has 1 aliphatic heterocycles. The number of anilines is 2. The van der Waals surface area contributed by atoms with Crippen LogP contribution < -0.4 is 10.6 Å². The van der Waals surface area contributed by atoms with Crippen molar-refractivity contribution in [3.63, 3.8) is 0 Å². The molecule has 5 rings (SSSR count). The average molecular weight is 416 g/mol. The lowest BCUT2D eigenvalue weighted by Crippen LogP contribution is -2.44. The molecule has 4 aromatic rings. The van der Waals surface area contributed by atoms with E-state index < -0.39 is 0 Å². The summed E-state index contributed by atoms with van der Waals surface area (Å²) in [6, 6.07) is 6.09. The second-order valence-electron chi connectivity index (χ2n) is 6.92. The quantitative estimate of drug-likeness (QED) is 0.523.